The third-order valence-electron chi connectivity index (χ3n) is 4.28. The highest BCUT2D eigenvalue weighted by Gasteiger charge is 2.31. The third kappa shape index (κ3) is 4.27. The van der Waals surface area contributed by atoms with Gasteiger partial charge in [-0.3, -0.25) is 9.69 Å². The van der Waals surface area contributed by atoms with Gasteiger partial charge in [-0.05, 0) is 25.0 Å². The van der Waals surface area contributed by atoms with Crippen molar-refractivity contribution in [3.63, 3.8) is 0 Å². The van der Waals surface area contributed by atoms with Gasteiger partial charge >= 0.3 is 0 Å². The molecule has 1 aliphatic heterocycles. The summed E-state index contributed by atoms with van der Waals surface area (Å²) in [6.07, 6.45) is 2.19. The molecule has 1 heterocycles. The molecule has 2 N–H and O–H groups in total. The number of benzene rings is 1. The summed E-state index contributed by atoms with van der Waals surface area (Å²) in [5, 5.41) is 0.222. The molecule has 2 rings (SSSR count). The molecule has 8 heteroatoms. The van der Waals surface area contributed by atoms with E-state index in [2.05, 4.69) is 0 Å². The molecule has 0 bridgehead atoms. The lowest BCUT2D eigenvalue weighted by atomic mass is 10.1. The summed E-state index contributed by atoms with van der Waals surface area (Å²) < 4.78 is 27.1. The van der Waals surface area contributed by atoms with Crippen LogP contribution in [0.3, 0.4) is 0 Å². The Morgan fingerprint density at radius 1 is 1.25 bits per heavy atom. The number of hydrogen-bond donors (Lipinski definition) is 1. The van der Waals surface area contributed by atoms with E-state index in [1.807, 2.05) is 11.8 Å². The van der Waals surface area contributed by atoms with E-state index in [4.69, 9.17) is 17.3 Å². The van der Waals surface area contributed by atoms with E-state index in [-0.39, 0.29) is 21.9 Å². The van der Waals surface area contributed by atoms with Crippen LogP contribution in [0.5, 0.6) is 0 Å². The monoisotopic (exact) mass is 373 g/mol. The third-order valence-corrected chi connectivity index (χ3v) is 6.67. The minimum absolute atomic E-state index is 0.125. The van der Waals surface area contributed by atoms with E-state index in [0.29, 0.717) is 39.0 Å². The van der Waals surface area contributed by atoms with Gasteiger partial charge in [-0.2, -0.15) is 4.31 Å². The molecule has 1 aliphatic rings. The Bertz CT molecular complexity index is 681. The lowest BCUT2D eigenvalue weighted by Crippen LogP contribution is -2.46. The summed E-state index contributed by atoms with van der Waals surface area (Å²) in [5.74, 6) is -0.348. The van der Waals surface area contributed by atoms with Crippen molar-refractivity contribution in [2.24, 2.45) is 5.73 Å². The molecule has 134 valence electrons. The van der Waals surface area contributed by atoms with Crippen molar-refractivity contribution in [3.05, 3.63) is 29.3 Å². The number of hydrogen-bond acceptors (Lipinski definition) is 4. The predicted octanol–water partition coefficient (Wildman–Crippen LogP) is 1.69. The maximum atomic E-state index is 12.8. The maximum Gasteiger partial charge on any atom is 0.244 e. The van der Waals surface area contributed by atoms with E-state index in [9.17, 15) is 13.2 Å². The van der Waals surface area contributed by atoms with Crippen LogP contribution < -0.4 is 5.73 Å². The molecule has 1 atom stereocenters. The summed E-state index contributed by atoms with van der Waals surface area (Å²) in [4.78, 5) is 13.8. The normalized spacial score (nSPS) is 18.9. The molecule has 0 spiro atoms. The smallest absolute Gasteiger partial charge is 0.244 e. The molecule has 1 unspecified atom stereocenters. The fourth-order valence-electron chi connectivity index (χ4n) is 3.04. The lowest BCUT2D eigenvalue weighted by molar-refractivity contribution is -0.123. The van der Waals surface area contributed by atoms with Gasteiger partial charge in [0.2, 0.25) is 15.9 Å². The Balaban J connectivity index is 2.15. The van der Waals surface area contributed by atoms with Gasteiger partial charge in [-0.1, -0.05) is 37.1 Å². The highest BCUT2D eigenvalue weighted by Crippen LogP contribution is 2.25. The van der Waals surface area contributed by atoms with E-state index in [1.165, 1.54) is 10.4 Å². The number of nitrogens with two attached hydrogens (primary N) is 1. The first-order valence-electron chi connectivity index (χ1n) is 8.16. The van der Waals surface area contributed by atoms with Crippen molar-refractivity contribution in [1.29, 1.82) is 0 Å². The molecule has 1 fully saturated rings. The van der Waals surface area contributed by atoms with Gasteiger partial charge in [0, 0.05) is 26.2 Å². The number of sulfonamides is 1. The van der Waals surface area contributed by atoms with Gasteiger partial charge in [0.15, 0.2) is 0 Å². The van der Waals surface area contributed by atoms with Gasteiger partial charge in [0.1, 0.15) is 4.90 Å². The molecular formula is C16H24ClN3O3S. The Kier molecular flexibility index (Phi) is 6.62. The quantitative estimate of drug-likeness (QED) is 0.822. The Hall–Kier alpha value is -1.15. The SMILES string of the molecule is CCCC(C(N)=O)N1CCCN(S(=O)(=O)c2ccccc2Cl)CC1. The second-order valence-electron chi connectivity index (χ2n) is 5.93. The molecule has 0 aliphatic carbocycles. The molecule has 1 saturated heterocycles. The van der Waals surface area contributed by atoms with Gasteiger partial charge in [0.05, 0.1) is 11.1 Å². The zero-order valence-electron chi connectivity index (χ0n) is 13.8. The van der Waals surface area contributed by atoms with Crippen LogP contribution in [-0.2, 0) is 14.8 Å². The molecule has 0 aromatic heterocycles. The van der Waals surface area contributed by atoms with Crippen LogP contribution >= 0.6 is 11.6 Å². The lowest BCUT2D eigenvalue weighted by Gasteiger charge is -2.28. The van der Waals surface area contributed by atoms with Crippen LogP contribution in [0, 0.1) is 0 Å². The van der Waals surface area contributed by atoms with Crippen molar-refractivity contribution in [1.82, 2.24) is 9.21 Å². The van der Waals surface area contributed by atoms with E-state index in [1.54, 1.807) is 18.2 Å². The zero-order valence-corrected chi connectivity index (χ0v) is 15.4. The van der Waals surface area contributed by atoms with E-state index in [0.717, 1.165) is 6.42 Å². The molecular weight excluding hydrogens is 350 g/mol. The number of halogens is 1. The Morgan fingerprint density at radius 3 is 2.58 bits per heavy atom. The molecule has 1 aromatic rings. The first kappa shape index (κ1) is 19.2. The Labute approximate surface area is 148 Å². The van der Waals surface area contributed by atoms with E-state index < -0.39 is 10.0 Å². The summed E-state index contributed by atoms with van der Waals surface area (Å²) in [6.45, 7) is 3.87. The van der Waals surface area contributed by atoms with Gasteiger partial charge < -0.3 is 5.73 Å². The number of rotatable bonds is 6. The number of carbonyl (C=O) groups is 1. The van der Waals surface area contributed by atoms with E-state index >= 15 is 0 Å². The highest BCUT2D eigenvalue weighted by molar-refractivity contribution is 7.89. The summed E-state index contributed by atoms with van der Waals surface area (Å²) in [7, 11) is -3.64. The van der Waals surface area contributed by atoms with Crippen LogP contribution in [0.2, 0.25) is 5.02 Å². The average Bonchev–Trinajstić information content (AvgIpc) is 2.79. The van der Waals surface area contributed by atoms with Crippen LogP contribution in [0.25, 0.3) is 0 Å². The van der Waals surface area contributed by atoms with Crippen LogP contribution in [-0.4, -0.2) is 55.8 Å². The average molecular weight is 374 g/mol. The fourth-order valence-corrected chi connectivity index (χ4v) is 5.00. The standard InChI is InChI=1S/C16H24ClN3O3S/c1-2-6-14(16(18)21)19-9-5-10-20(12-11-19)24(22,23)15-8-4-3-7-13(15)17/h3-4,7-8,14H,2,5-6,9-12H2,1H3,(H2,18,21). The number of nitrogens with zero attached hydrogens (tertiary/aromatic N) is 2. The van der Waals surface area contributed by atoms with Crippen LogP contribution in [0.15, 0.2) is 29.2 Å². The van der Waals surface area contributed by atoms with Gasteiger partial charge in [-0.25, -0.2) is 8.42 Å². The number of carbonyl (C=O) groups excluding carboxylic acids is 1. The fraction of sp³-hybridized carbons (Fsp3) is 0.562. The summed E-state index contributed by atoms with van der Waals surface area (Å²) in [6, 6.07) is 6.12. The molecule has 0 saturated carbocycles. The van der Waals surface area contributed by atoms with Gasteiger partial charge in [0.25, 0.3) is 0 Å². The van der Waals surface area contributed by atoms with Crippen LogP contribution in [0.4, 0.5) is 0 Å². The summed E-state index contributed by atoms with van der Waals surface area (Å²) >= 11 is 6.05. The maximum absolute atomic E-state index is 12.8. The second kappa shape index (κ2) is 8.29. The minimum Gasteiger partial charge on any atom is -0.368 e. The van der Waals surface area contributed by atoms with Crippen molar-refractivity contribution < 1.29 is 13.2 Å². The van der Waals surface area contributed by atoms with Crippen molar-refractivity contribution in [2.45, 2.75) is 37.1 Å². The number of amides is 1. The molecule has 1 aromatic carbocycles. The first-order chi connectivity index (χ1) is 11.4. The molecule has 24 heavy (non-hydrogen) atoms. The molecule has 6 nitrogen and oxygen atoms in total. The van der Waals surface area contributed by atoms with Gasteiger partial charge in [-0.15, -0.1) is 0 Å². The number of primary amides is 1. The predicted molar refractivity (Wildman–Crippen MR) is 94.3 cm³/mol. The second-order valence-corrected chi connectivity index (χ2v) is 8.24. The summed E-state index contributed by atoms with van der Waals surface area (Å²) in [5.41, 5.74) is 5.51. The highest BCUT2D eigenvalue weighted by atomic mass is 35.5. The zero-order chi connectivity index (χ0) is 17.7. The van der Waals surface area contributed by atoms with Crippen molar-refractivity contribution in [2.75, 3.05) is 26.2 Å². The van der Waals surface area contributed by atoms with Crippen LogP contribution in [0.1, 0.15) is 26.2 Å². The molecule has 1 amide bonds. The molecule has 0 radical (unpaired) electrons. The topological polar surface area (TPSA) is 83.7 Å². The van der Waals surface area contributed by atoms with Crippen molar-refractivity contribution in [3.8, 4) is 0 Å². The van der Waals surface area contributed by atoms with Crippen molar-refractivity contribution >= 4 is 27.5 Å². The minimum atomic E-state index is -3.64. The Morgan fingerprint density at radius 2 is 1.96 bits per heavy atom. The first-order valence-corrected chi connectivity index (χ1v) is 9.97. The largest absolute Gasteiger partial charge is 0.368 e.